The van der Waals surface area contributed by atoms with Crippen LogP contribution in [0.15, 0.2) is 36.7 Å². The molecule has 2 aromatic rings. The van der Waals surface area contributed by atoms with E-state index < -0.39 is 0 Å². The van der Waals surface area contributed by atoms with E-state index in [2.05, 4.69) is 17.2 Å². The lowest BCUT2D eigenvalue weighted by Crippen LogP contribution is -2.14. The van der Waals surface area contributed by atoms with E-state index >= 15 is 0 Å². The minimum atomic E-state index is -0.267. The average Bonchev–Trinajstić information content (AvgIpc) is 2.45. The Morgan fingerprint density at radius 2 is 2.15 bits per heavy atom. The summed E-state index contributed by atoms with van der Waals surface area (Å²) in [4.78, 5) is 4.06. The molecule has 0 saturated heterocycles. The van der Waals surface area contributed by atoms with Gasteiger partial charge in [-0.3, -0.25) is 4.98 Å². The molecule has 2 rings (SSSR count). The maximum Gasteiger partial charge on any atom is 0.150 e. The van der Waals surface area contributed by atoms with E-state index in [0.717, 1.165) is 18.5 Å². The highest BCUT2D eigenvalue weighted by Gasteiger charge is 2.06. The Morgan fingerprint density at radius 3 is 2.90 bits per heavy atom. The van der Waals surface area contributed by atoms with E-state index in [0.29, 0.717) is 23.6 Å². The number of ether oxygens (including phenoxy) is 1. The Balaban J connectivity index is 2.13. The minimum Gasteiger partial charge on any atom is -0.455 e. The van der Waals surface area contributed by atoms with Crippen LogP contribution in [0.2, 0.25) is 0 Å². The maximum absolute atomic E-state index is 13.5. The number of aromatic nitrogens is 1. The Hall–Kier alpha value is -1.94. The van der Waals surface area contributed by atoms with Crippen LogP contribution in [0, 0.1) is 12.7 Å². The third kappa shape index (κ3) is 3.78. The zero-order chi connectivity index (χ0) is 14.4. The van der Waals surface area contributed by atoms with E-state index in [1.165, 1.54) is 6.07 Å². The maximum atomic E-state index is 13.5. The summed E-state index contributed by atoms with van der Waals surface area (Å²) in [5, 5.41) is 3.32. The van der Waals surface area contributed by atoms with E-state index in [1.807, 2.05) is 6.07 Å². The van der Waals surface area contributed by atoms with Gasteiger partial charge >= 0.3 is 0 Å². The van der Waals surface area contributed by atoms with Gasteiger partial charge in [-0.15, -0.1) is 0 Å². The lowest BCUT2D eigenvalue weighted by molar-refractivity contribution is 0.464. The Kier molecular flexibility index (Phi) is 5.07. The van der Waals surface area contributed by atoms with Crippen LogP contribution in [0.1, 0.15) is 24.5 Å². The fourth-order valence-corrected chi connectivity index (χ4v) is 1.81. The molecule has 0 radical (unpaired) electrons. The molecule has 4 heteroatoms. The Labute approximate surface area is 118 Å². The van der Waals surface area contributed by atoms with Gasteiger partial charge in [-0.1, -0.05) is 13.0 Å². The van der Waals surface area contributed by atoms with Gasteiger partial charge in [0, 0.05) is 24.4 Å². The van der Waals surface area contributed by atoms with Crippen LogP contribution >= 0.6 is 0 Å². The number of halogens is 1. The van der Waals surface area contributed by atoms with Gasteiger partial charge in [0.05, 0.1) is 6.20 Å². The summed E-state index contributed by atoms with van der Waals surface area (Å²) in [6, 6.07) is 6.76. The molecule has 3 nitrogen and oxygen atoms in total. The van der Waals surface area contributed by atoms with Gasteiger partial charge in [-0.05, 0) is 37.6 Å². The number of nitrogens with zero attached hydrogens (tertiary/aromatic N) is 1. The van der Waals surface area contributed by atoms with E-state index in [-0.39, 0.29) is 5.82 Å². The van der Waals surface area contributed by atoms with Crippen LogP contribution in [0.4, 0.5) is 4.39 Å². The molecule has 0 bridgehead atoms. The number of aryl methyl sites for hydroxylation is 1. The molecule has 0 saturated carbocycles. The van der Waals surface area contributed by atoms with Crippen LogP contribution in [0.3, 0.4) is 0 Å². The smallest absolute Gasteiger partial charge is 0.150 e. The van der Waals surface area contributed by atoms with Crippen LogP contribution in [0.25, 0.3) is 0 Å². The fraction of sp³-hybridized carbons (Fsp3) is 0.312. The summed E-state index contributed by atoms with van der Waals surface area (Å²) < 4.78 is 19.3. The zero-order valence-electron chi connectivity index (χ0n) is 11.8. The molecule has 0 amide bonds. The molecule has 20 heavy (non-hydrogen) atoms. The molecule has 1 heterocycles. The van der Waals surface area contributed by atoms with Gasteiger partial charge in [0.15, 0.2) is 0 Å². The molecule has 1 aromatic heterocycles. The van der Waals surface area contributed by atoms with Crippen LogP contribution in [-0.2, 0) is 6.54 Å². The van der Waals surface area contributed by atoms with Crippen molar-refractivity contribution in [1.29, 1.82) is 0 Å². The van der Waals surface area contributed by atoms with Crippen molar-refractivity contribution in [1.82, 2.24) is 10.3 Å². The molecule has 106 valence electrons. The molecule has 0 fully saturated rings. The van der Waals surface area contributed by atoms with Gasteiger partial charge in [0.25, 0.3) is 0 Å². The van der Waals surface area contributed by atoms with Gasteiger partial charge < -0.3 is 10.1 Å². The predicted molar refractivity (Wildman–Crippen MR) is 77.4 cm³/mol. The summed E-state index contributed by atoms with van der Waals surface area (Å²) >= 11 is 0. The normalized spacial score (nSPS) is 10.6. The summed E-state index contributed by atoms with van der Waals surface area (Å²) in [6.45, 7) is 5.50. The molecule has 1 aromatic carbocycles. The number of hydrogen-bond donors (Lipinski definition) is 1. The Bertz CT molecular complexity index is 572. The monoisotopic (exact) mass is 274 g/mol. The molecular weight excluding hydrogens is 255 g/mol. The number of pyridine rings is 1. The highest BCUT2D eigenvalue weighted by molar-refractivity contribution is 5.36. The van der Waals surface area contributed by atoms with Crippen molar-refractivity contribution in [2.45, 2.75) is 26.8 Å². The van der Waals surface area contributed by atoms with Crippen LogP contribution in [0.5, 0.6) is 11.5 Å². The van der Waals surface area contributed by atoms with Crippen molar-refractivity contribution in [2.75, 3.05) is 6.54 Å². The van der Waals surface area contributed by atoms with Gasteiger partial charge in [-0.25, -0.2) is 4.39 Å². The number of nitrogens with one attached hydrogen (secondary N) is 1. The second-order valence-corrected chi connectivity index (χ2v) is 4.67. The average molecular weight is 274 g/mol. The van der Waals surface area contributed by atoms with Crippen molar-refractivity contribution < 1.29 is 9.13 Å². The predicted octanol–water partition coefficient (Wildman–Crippen LogP) is 3.82. The standard InChI is InChI=1S/C16H19FN2O/c1-3-7-18-10-13-6-8-19-11-16(13)20-14-5-4-12(2)15(17)9-14/h4-6,8-9,11,18H,3,7,10H2,1-2H3. The zero-order valence-corrected chi connectivity index (χ0v) is 11.8. The highest BCUT2D eigenvalue weighted by atomic mass is 19.1. The van der Waals surface area contributed by atoms with Crippen molar-refractivity contribution >= 4 is 0 Å². The fourth-order valence-electron chi connectivity index (χ4n) is 1.81. The summed E-state index contributed by atoms with van der Waals surface area (Å²) in [5.41, 5.74) is 1.61. The molecule has 0 unspecified atom stereocenters. The lowest BCUT2D eigenvalue weighted by atomic mass is 10.2. The lowest BCUT2D eigenvalue weighted by Gasteiger charge is -2.11. The molecule has 0 spiro atoms. The van der Waals surface area contributed by atoms with Crippen molar-refractivity contribution in [3.8, 4) is 11.5 Å². The highest BCUT2D eigenvalue weighted by Crippen LogP contribution is 2.25. The summed E-state index contributed by atoms with van der Waals surface area (Å²) in [6.07, 6.45) is 4.46. The van der Waals surface area contributed by atoms with Crippen molar-refractivity contribution in [3.63, 3.8) is 0 Å². The van der Waals surface area contributed by atoms with Crippen LogP contribution in [-0.4, -0.2) is 11.5 Å². The van der Waals surface area contributed by atoms with E-state index in [1.54, 1.807) is 31.5 Å². The molecular formula is C16H19FN2O. The summed E-state index contributed by atoms with van der Waals surface area (Å²) in [5.74, 6) is 0.870. The second kappa shape index (κ2) is 7.01. The third-order valence-electron chi connectivity index (χ3n) is 2.98. The third-order valence-corrected chi connectivity index (χ3v) is 2.98. The SMILES string of the molecule is CCCNCc1ccncc1Oc1ccc(C)c(F)c1. The van der Waals surface area contributed by atoms with Crippen molar-refractivity contribution in [2.24, 2.45) is 0 Å². The van der Waals surface area contributed by atoms with Gasteiger partial charge in [0.2, 0.25) is 0 Å². The first-order valence-corrected chi connectivity index (χ1v) is 6.78. The second-order valence-electron chi connectivity index (χ2n) is 4.67. The summed E-state index contributed by atoms with van der Waals surface area (Å²) in [7, 11) is 0. The molecule has 0 atom stereocenters. The van der Waals surface area contributed by atoms with Crippen molar-refractivity contribution in [3.05, 3.63) is 53.6 Å². The first kappa shape index (κ1) is 14.5. The first-order chi connectivity index (χ1) is 9.70. The minimum absolute atomic E-state index is 0.267. The quantitative estimate of drug-likeness (QED) is 0.813. The molecule has 1 N–H and O–H groups in total. The number of benzene rings is 1. The largest absolute Gasteiger partial charge is 0.455 e. The topological polar surface area (TPSA) is 34.2 Å². The molecule has 0 aliphatic heterocycles. The first-order valence-electron chi connectivity index (χ1n) is 6.78. The van der Waals surface area contributed by atoms with Gasteiger partial charge in [0.1, 0.15) is 17.3 Å². The van der Waals surface area contributed by atoms with Crippen LogP contribution < -0.4 is 10.1 Å². The molecule has 0 aliphatic carbocycles. The number of hydrogen-bond acceptors (Lipinski definition) is 3. The van der Waals surface area contributed by atoms with E-state index in [9.17, 15) is 4.39 Å². The Morgan fingerprint density at radius 1 is 1.30 bits per heavy atom. The van der Waals surface area contributed by atoms with Gasteiger partial charge in [-0.2, -0.15) is 0 Å². The molecule has 0 aliphatic rings. The number of rotatable bonds is 6. The van der Waals surface area contributed by atoms with E-state index in [4.69, 9.17) is 4.74 Å².